The molecule has 0 unspecified atom stereocenters. The lowest BCUT2D eigenvalue weighted by Gasteiger charge is -2.10. The molecular weight excluding hydrogens is 386 g/mol. The molecule has 2 aromatic carbocycles. The molecule has 1 aromatic heterocycles. The molecule has 9 heteroatoms. The Morgan fingerprint density at radius 2 is 2.00 bits per heavy atom. The second-order valence-corrected chi connectivity index (χ2v) is 6.40. The number of ether oxygens (including phenoxy) is 2. The normalized spacial score (nSPS) is 11.0. The molecular formula is C17H13ClF2N2O3S. The van der Waals surface area contributed by atoms with Crippen molar-refractivity contribution in [2.75, 3.05) is 7.11 Å². The molecule has 0 saturated heterocycles. The number of rotatable bonds is 7. The maximum absolute atomic E-state index is 12.4. The zero-order valence-electron chi connectivity index (χ0n) is 13.5. The highest BCUT2D eigenvalue weighted by atomic mass is 35.5. The fourth-order valence-electron chi connectivity index (χ4n) is 2.13. The van der Waals surface area contributed by atoms with Crippen molar-refractivity contribution in [1.29, 1.82) is 0 Å². The minimum Gasteiger partial charge on any atom is -0.493 e. The maximum atomic E-state index is 12.4. The Kier molecular flexibility index (Phi) is 5.95. The molecule has 0 N–H and O–H groups in total. The van der Waals surface area contributed by atoms with Crippen LogP contribution in [-0.2, 0) is 5.75 Å². The first-order valence-corrected chi connectivity index (χ1v) is 8.76. The highest BCUT2D eigenvalue weighted by molar-refractivity contribution is 7.98. The van der Waals surface area contributed by atoms with Gasteiger partial charge in [0.15, 0.2) is 11.5 Å². The summed E-state index contributed by atoms with van der Waals surface area (Å²) in [5.41, 5.74) is 0.557. The third-order valence-electron chi connectivity index (χ3n) is 3.29. The summed E-state index contributed by atoms with van der Waals surface area (Å²) in [5, 5.41) is 4.56. The van der Waals surface area contributed by atoms with Crippen LogP contribution in [0.25, 0.3) is 11.4 Å². The molecule has 136 valence electrons. The largest absolute Gasteiger partial charge is 0.493 e. The van der Waals surface area contributed by atoms with Gasteiger partial charge in [0.2, 0.25) is 11.7 Å². The number of alkyl halides is 2. The molecule has 1 heterocycles. The monoisotopic (exact) mass is 398 g/mol. The first-order valence-electron chi connectivity index (χ1n) is 7.40. The van der Waals surface area contributed by atoms with Crippen LogP contribution >= 0.6 is 23.4 Å². The fraction of sp³-hybridized carbons (Fsp3) is 0.176. The Balaban J connectivity index is 1.74. The summed E-state index contributed by atoms with van der Waals surface area (Å²) in [4.78, 5) is 5.21. The van der Waals surface area contributed by atoms with E-state index in [1.165, 1.54) is 31.0 Å². The Hall–Kier alpha value is -2.32. The number of aromatic nitrogens is 2. The molecule has 3 rings (SSSR count). The van der Waals surface area contributed by atoms with E-state index in [4.69, 9.17) is 20.9 Å². The predicted octanol–water partition coefficient (Wildman–Crippen LogP) is 5.29. The van der Waals surface area contributed by atoms with Gasteiger partial charge in [0.05, 0.1) is 17.9 Å². The number of halogens is 3. The summed E-state index contributed by atoms with van der Waals surface area (Å²) < 4.78 is 39.5. The van der Waals surface area contributed by atoms with E-state index in [-0.39, 0.29) is 11.5 Å². The van der Waals surface area contributed by atoms with Gasteiger partial charge in [-0.25, -0.2) is 0 Å². The van der Waals surface area contributed by atoms with E-state index in [0.29, 0.717) is 28.1 Å². The fourth-order valence-corrected chi connectivity index (χ4v) is 3.21. The van der Waals surface area contributed by atoms with Crippen LogP contribution < -0.4 is 9.47 Å². The van der Waals surface area contributed by atoms with Gasteiger partial charge in [-0.2, -0.15) is 13.8 Å². The minimum absolute atomic E-state index is 0.0655. The molecule has 0 bridgehead atoms. The van der Waals surface area contributed by atoms with E-state index in [1.54, 1.807) is 12.1 Å². The molecule has 26 heavy (non-hydrogen) atoms. The van der Waals surface area contributed by atoms with Crippen LogP contribution in [0, 0.1) is 0 Å². The molecule has 3 aromatic rings. The minimum atomic E-state index is -2.94. The van der Waals surface area contributed by atoms with Crippen LogP contribution in [0.4, 0.5) is 8.78 Å². The van der Waals surface area contributed by atoms with Crippen molar-refractivity contribution in [2.45, 2.75) is 17.3 Å². The Bertz CT molecular complexity index is 892. The molecule has 0 spiro atoms. The summed E-state index contributed by atoms with van der Waals surface area (Å²) in [6.45, 7) is -2.94. The highest BCUT2D eigenvalue weighted by Crippen LogP contribution is 2.33. The van der Waals surface area contributed by atoms with Gasteiger partial charge in [0, 0.05) is 10.5 Å². The summed E-state index contributed by atoms with van der Waals surface area (Å²) >= 11 is 7.58. The lowest BCUT2D eigenvalue weighted by atomic mass is 10.2. The number of hydrogen-bond donors (Lipinski definition) is 0. The lowest BCUT2D eigenvalue weighted by molar-refractivity contribution is -0.0512. The molecule has 0 amide bonds. The number of nitrogens with zero attached hydrogens (tertiary/aromatic N) is 2. The number of benzene rings is 2. The average Bonchev–Trinajstić information content (AvgIpc) is 3.10. The summed E-state index contributed by atoms with van der Waals surface area (Å²) in [7, 11) is 1.36. The summed E-state index contributed by atoms with van der Waals surface area (Å²) in [6, 6.07) is 11.9. The van der Waals surface area contributed by atoms with Crippen LogP contribution in [0.5, 0.6) is 11.5 Å². The van der Waals surface area contributed by atoms with Crippen LogP contribution in [0.15, 0.2) is 51.9 Å². The first kappa shape index (κ1) is 18.5. The van der Waals surface area contributed by atoms with Gasteiger partial charge in [-0.1, -0.05) is 28.9 Å². The van der Waals surface area contributed by atoms with Crippen molar-refractivity contribution in [3.63, 3.8) is 0 Å². The van der Waals surface area contributed by atoms with Crippen molar-refractivity contribution in [3.8, 4) is 22.9 Å². The van der Waals surface area contributed by atoms with E-state index < -0.39 is 6.61 Å². The first-order chi connectivity index (χ1) is 12.6. The van der Waals surface area contributed by atoms with Crippen molar-refractivity contribution >= 4 is 23.4 Å². The van der Waals surface area contributed by atoms with Gasteiger partial charge < -0.3 is 14.0 Å². The number of hydrogen-bond acceptors (Lipinski definition) is 6. The predicted molar refractivity (Wildman–Crippen MR) is 93.9 cm³/mol. The van der Waals surface area contributed by atoms with Crippen molar-refractivity contribution < 1.29 is 22.8 Å². The summed E-state index contributed by atoms with van der Waals surface area (Å²) in [6.07, 6.45) is 0. The van der Waals surface area contributed by atoms with Gasteiger partial charge in [0.1, 0.15) is 0 Å². The number of thioether (sulfide) groups is 1. The SMILES string of the molecule is COc1cc(-c2noc(CSc3ccccc3Cl)n2)ccc1OC(F)F. The Morgan fingerprint density at radius 1 is 1.19 bits per heavy atom. The lowest BCUT2D eigenvalue weighted by Crippen LogP contribution is -2.03. The molecule has 0 saturated carbocycles. The van der Waals surface area contributed by atoms with Crippen LogP contribution in [-0.4, -0.2) is 23.9 Å². The molecule has 0 aliphatic carbocycles. The van der Waals surface area contributed by atoms with Crippen molar-refractivity contribution in [1.82, 2.24) is 10.1 Å². The quantitative estimate of drug-likeness (QED) is 0.504. The zero-order valence-corrected chi connectivity index (χ0v) is 15.1. The molecule has 0 aliphatic rings. The Labute approximate surface area is 157 Å². The van der Waals surface area contributed by atoms with Crippen LogP contribution in [0.1, 0.15) is 5.89 Å². The smallest absolute Gasteiger partial charge is 0.387 e. The third kappa shape index (κ3) is 4.44. The van der Waals surface area contributed by atoms with E-state index in [2.05, 4.69) is 14.9 Å². The van der Waals surface area contributed by atoms with Gasteiger partial charge in [-0.3, -0.25) is 0 Å². The Morgan fingerprint density at radius 3 is 2.73 bits per heavy atom. The molecule has 0 aliphatic heterocycles. The third-order valence-corrected chi connectivity index (χ3v) is 4.79. The van der Waals surface area contributed by atoms with E-state index in [1.807, 2.05) is 18.2 Å². The van der Waals surface area contributed by atoms with Gasteiger partial charge in [-0.15, -0.1) is 11.8 Å². The van der Waals surface area contributed by atoms with Crippen LogP contribution in [0.3, 0.4) is 0 Å². The van der Waals surface area contributed by atoms with E-state index >= 15 is 0 Å². The molecule has 0 radical (unpaired) electrons. The standard InChI is InChI=1S/C17H13ClF2N2O3S/c1-23-13-8-10(6-7-12(13)24-17(19)20)16-21-15(25-22-16)9-26-14-5-3-2-4-11(14)18/h2-8,17H,9H2,1H3. The van der Waals surface area contributed by atoms with Crippen LogP contribution in [0.2, 0.25) is 5.02 Å². The van der Waals surface area contributed by atoms with Crippen molar-refractivity contribution in [2.24, 2.45) is 0 Å². The second kappa shape index (κ2) is 8.37. The van der Waals surface area contributed by atoms with E-state index in [9.17, 15) is 8.78 Å². The van der Waals surface area contributed by atoms with Crippen molar-refractivity contribution in [3.05, 3.63) is 53.4 Å². The summed E-state index contributed by atoms with van der Waals surface area (Å²) in [5.74, 6) is 1.27. The van der Waals surface area contributed by atoms with Gasteiger partial charge >= 0.3 is 6.61 Å². The zero-order chi connectivity index (χ0) is 18.5. The van der Waals surface area contributed by atoms with Gasteiger partial charge in [-0.05, 0) is 30.3 Å². The number of methoxy groups -OCH3 is 1. The molecule has 5 nitrogen and oxygen atoms in total. The van der Waals surface area contributed by atoms with Gasteiger partial charge in [0.25, 0.3) is 0 Å². The average molecular weight is 399 g/mol. The highest BCUT2D eigenvalue weighted by Gasteiger charge is 2.15. The molecule has 0 atom stereocenters. The second-order valence-electron chi connectivity index (χ2n) is 4.97. The topological polar surface area (TPSA) is 57.4 Å². The maximum Gasteiger partial charge on any atom is 0.387 e. The molecule has 0 fully saturated rings. The van der Waals surface area contributed by atoms with E-state index in [0.717, 1.165) is 4.90 Å².